The van der Waals surface area contributed by atoms with Crippen LogP contribution in [0.2, 0.25) is 0 Å². The number of hydrogen-bond donors (Lipinski definition) is 1. The molecule has 0 unspecified atom stereocenters. The summed E-state index contributed by atoms with van der Waals surface area (Å²) >= 11 is 0. The molecular formula is C19H38N4O2. The molecule has 0 radical (unpaired) electrons. The van der Waals surface area contributed by atoms with Gasteiger partial charge in [-0.25, -0.2) is 0 Å². The molecule has 0 spiro atoms. The number of rotatable bonds is 6. The maximum Gasteiger partial charge on any atom is 0.223 e. The summed E-state index contributed by atoms with van der Waals surface area (Å²) in [5, 5.41) is 2.99. The highest BCUT2D eigenvalue weighted by molar-refractivity contribution is 5.76. The van der Waals surface area contributed by atoms with Crippen LogP contribution in [0.25, 0.3) is 0 Å². The number of hydrogen-bond acceptors (Lipinski definition) is 4. The quantitative estimate of drug-likeness (QED) is 0.786. The Hall–Kier alpha value is -1.14. The molecule has 0 aromatic rings. The average molecular weight is 355 g/mol. The molecule has 2 rings (SSSR count). The van der Waals surface area contributed by atoms with E-state index in [9.17, 15) is 9.59 Å². The number of piperidine rings is 2. The number of nitrogens with zero attached hydrogens (tertiary/aromatic N) is 3. The molecule has 6 heteroatoms. The van der Waals surface area contributed by atoms with E-state index in [0.717, 1.165) is 39.3 Å². The highest BCUT2D eigenvalue weighted by Crippen LogP contribution is 2.10. The van der Waals surface area contributed by atoms with Crippen molar-refractivity contribution in [2.24, 2.45) is 0 Å². The second kappa shape index (κ2) is 13.1. The smallest absolute Gasteiger partial charge is 0.223 e. The largest absolute Gasteiger partial charge is 0.343 e. The topological polar surface area (TPSA) is 55.9 Å². The van der Waals surface area contributed by atoms with Crippen LogP contribution in [-0.2, 0) is 9.59 Å². The normalized spacial score (nSPS) is 17.9. The Morgan fingerprint density at radius 2 is 1.24 bits per heavy atom. The summed E-state index contributed by atoms with van der Waals surface area (Å²) in [6.07, 6.45) is 8.65. The van der Waals surface area contributed by atoms with Crippen molar-refractivity contribution >= 4 is 11.8 Å². The van der Waals surface area contributed by atoms with Gasteiger partial charge in [-0.15, -0.1) is 0 Å². The summed E-state index contributed by atoms with van der Waals surface area (Å²) in [5.41, 5.74) is 0. The Morgan fingerprint density at radius 3 is 1.64 bits per heavy atom. The molecule has 2 heterocycles. The maximum absolute atomic E-state index is 11.6. The molecule has 25 heavy (non-hydrogen) atoms. The zero-order chi connectivity index (χ0) is 18.5. The van der Waals surface area contributed by atoms with Crippen LogP contribution >= 0.6 is 0 Å². The van der Waals surface area contributed by atoms with E-state index < -0.39 is 0 Å². The molecule has 6 nitrogen and oxygen atoms in total. The zero-order valence-corrected chi connectivity index (χ0v) is 16.6. The lowest BCUT2D eigenvalue weighted by atomic mass is 10.1. The molecule has 0 atom stereocenters. The van der Waals surface area contributed by atoms with Crippen LogP contribution < -0.4 is 5.32 Å². The maximum atomic E-state index is 11.6. The second-order valence-electron chi connectivity index (χ2n) is 7.29. The minimum Gasteiger partial charge on any atom is -0.343 e. The van der Waals surface area contributed by atoms with Crippen molar-refractivity contribution in [3.05, 3.63) is 0 Å². The molecular weight excluding hydrogens is 316 g/mol. The van der Waals surface area contributed by atoms with Crippen LogP contribution in [0.1, 0.15) is 51.4 Å². The third kappa shape index (κ3) is 9.80. The van der Waals surface area contributed by atoms with Crippen molar-refractivity contribution in [2.45, 2.75) is 51.4 Å². The van der Waals surface area contributed by atoms with E-state index in [2.05, 4.69) is 10.2 Å². The lowest BCUT2D eigenvalue weighted by Crippen LogP contribution is -2.36. The van der Waals surface area contributed by atoms with Crippen molar-refractivity contribution in [2.75, 3.05) is 60.4 Å². The Morgan fingerprint density at radius 1 is 0.800 bits per heavy atom. The minimum absolute atomic E-state index is 0.309. The van der Waals surface area contributed by atoms with Gasteiger partial charge in [-0.05, 0) is 59.7 Å². The first-order chi connectivity index (χ1) is 12.0. The van der Waals surface area contributed by atoms with Gasteiger partial charge in [0.2, 0.25) is 11.8 Å². The van der Waals surface area contributed by atoms with E-state index in [-0.39, 0.29) is 0 Å². The summed E-state index contributed by atoms with van der Waals surface area (Å²) in [6, 6.07) is 0. The number of carbonyl (C=O) groups is 2. The van der Waals surface area contributed by atoms with E-state index in [1.54, 1.807) is 0 Å². The first-order valence-corrected chi connectivity index (χ1v) is 9.89. The third-order valence-corrected chi connectivity index (χ3v) is 4.78. The minimum atomic E-state index is 0.309. The monoisotopic (exact) mass is 354 g/mol. The van der Waals surface area contributed by atoms with Gasteiger partial charge in [0, 0.05) is 52.1 Å². The molecule has 1 N–H and O–H groups in total. The first kappa shape index (κ1) is 21.9. The lowest BCUT2D eigenvalue weighted by molar-refractivity contribution is -0.132. The second-order valence-corrected chi connectivity index (χ2v) is 7.29. The highest BCUT2D eigenvalue weighted by atomic mass is 16.2. The third-order valence-electron chi connectivity index (χ3n) is 4.78. The molecule has 2 aliphatic rings. The summed E-state index contributed by atoms with van der Waals surface area (Å²) in [6.45, 7) is 5.58. The van der Waals surface area contributed by atoms with Gasteiger partial charge in [0.05, 0.1) is 0 Å². The van der Waals surface area contributed by atoms with Gasteiger partial charge in [0.25, 0.3) is 0 Å². The molecule has 0 bridgehead atoms. The molecule has 0 aromatic heterocycles. The standard InChI is InChI=1S/C10H20N2O.C9H18N2O/c1-11(2)9-6-10(13)12-7-4-3-5-8-12;1-10-6-5-9(12)11-7-3-2-4-8-11/h3-9H2,1-2H3;10H,2-8H2,1H3. The molecule has 2 amide bonds. The lowest BCUT2D eigenvalue weighted by Gasteiger charge is -2.27. The van der Waals surface area contributed by atoms with E-state index in [1.165, 1.54) is 38.5 Å². The van der Waals surface area contributed by atoms with Gasteiger partial charge in [-0.1, -0.05) is 0 Å². The fraction of sp³-hybridized carbons (Fsp3) is 0.895. The van der Waals surface area contributed by atoms with Gasteiger partial charge < -0.3 is 20.0 Å². The Labute approximate surface area is 153 Å². The summed E-state index contributed by atoms with van der Waals surface area (Å²) in [4.78, 5) is 29.1. The first-order valence-electron chi connectivity index (χ1n) is 9.89. The van der Waals surface area contributed by atoms with E-state index in [4.69, 9.17) is 0 Å². The van der Waals surface area contributed by atoms with E-state index >= 15 is 0 Å². The SMILES string of the molecule is CN(C)CCC(=O)N1CCCCC1.CNCCC(=O)N1CCCCC1. The molecule has 146 valence electrons. The molecule has 2 fully saturated rings. The van der Waals surface area contributed by atoms with Crippen molar-refractivity contribution in [1.29, 1.82) is 0 Å². The van der Waals surface area contributed by atoms with Crippen LogP contribution in [0.3, 0.4) is 0 Å². The van der Waals surface area contributed by atoms with E-state index in [0.29, 0.717) is 24.7 Å². The van der Waals surface area contributed by atoms with Crippen LogP contribution in [0.4, 0.5) is 0 Å². The van der Waals surface area contributed by atoms with Crippen molar-refractivity contribution in [3.63, 3.8) is 0 Å². The molecule has 0 aliphatic carbocycles. The zero-order valence-electron chi connectivity index (χ0n) is 16.6. The van der Waals surface area contributed by atoms with Gasteiger partial charge in [-0.2, -0.15) is 0 Å². The van der Waals surface area contributed by atoms with Gasteiger partial charge in [0.15, 0.2) is 0 Å². The van der Waals surface area contributed by atoms with Gasteiger partial charge >= 0.3 is 0 Å². The Balaban J connectivity index is 0.000000251. The molecule has 0 aromatic carbocycles. The predicted molar refractivity (Wildman–Crippen MR) is 103 cm³/mol. The van der Waals surface area contributed by atoms with Crippen LogP contribution in [-0.4, -0.2) is 86.9 Å². The molecule has 2 saturated heterocycles. The number of amides is 2. The van der Waals surface area contributed by atoms with Crippen molar-refractivity contribution in [3.8, 4) is 0 Å². The summed E-state index contributed by atoms with van der Waals surface area (Å²) in [7, 11) is 5.89. The predicted octanol–water partition coefficient (Wildman–Crippen LogP) is 1.56. The van der Waals surface area contributed by atoms with Crippen LogP contribution in [0.5, 0.6) is 0 Å². The number of carbonyl (C=O) groups excluding carboxylic acids is 2. The molecule has 0 saturated carbocycles. The number of nitrogens with one attached hydrogen (secondary N) is 1. The molecule has 2 aliphatic heterocycles. The fourth-order valence-electron chi connectivity index (χ4n) is 3.15. The van der Waals surface area contributed by atoms with Crippen LogP contribution in [0, 0.1) is 0 Å². The summed E-state index contributed by atoms with van der Waals surface area (Å²) in [5.74, 6) is 0.637. The van der Waals surface area contributed by atoms with Crippen molar-refractivity contribution in [1.82, 2.24) is 20.0 Å². The fourth-order valence-corrected chi connectivity index (χ4v) is 3.15. The van der Waals surface area contributed by atoms with E-state index in [1.807, 2.05) is 30.9 Å². The Bertz CT molecular complexity index is 376. The van der Waals surface area contributed by atoms with Gasteiger partial charge in [-0.3, -0.25) is 9.59 Å². The highest BCUT2D eigenvalue weighted by Gasteiger charge is 2.16. The average Bonchev–Trinajstić information content (AvgIpc) is 2.66. The van der Waals surface area contributed by atoms with Gasteiger partial charge in [0.1, 0.15) is 0 Å². The van der Waals surface area contributed by atoms with Crippen molar-refractivity contribution < 1.29 is 9.59 Å². The van der Waals surface area contributed by atoms with Crippen LogP contribution in [0.15, 0.2) is 0 Å². The summed E-state index contributed by atoms with van der Waals surface area (Å²) < 4.78 is 0. The number of likely N-dealkylation sites (tertiary alicyclic amines) is 2. The Kier molecular flexibility index (Phi) is 11.5.